The molecule has 5 heteroatoms. The Bertz CT molecular complexity index is 402. The van der Waals surface area contributed by atoms with Gasteiger partial charge in [-0.3, -0.25) is 4.79 Å². The third-order valence-electron chi connectivity index (χ3n) is 3.12. The number of halogens is 1. The zero-order valence-corrected chi connectivity index (χ0v) is 10.8. The highest BCUT2D eigenvalue weighted by Gasteiger charge is 2.14. The predicted molar refractivity (Wildman–Crippen MR) is 70.5 cm³/mol. The molecule has 1 fully saturated rings. The summed E-state index contributed by atoms with van der Waals surface area (Å²) in [6.45, 7) is 2.22. The van der Waals surface area contributed by atoms with Gasteiger partial charge >= 0.3 is 0 Å². The zero-order valence-electron chi connectivity index (χ0n) is 10.8. The largest absolute Gasteiger partial charge is 0.493 e. The van der Waals surface area contributed by atoms with Crippen molar-refractivity contribution in [2.75, 3.05) is 19.7 Å². The SMILES string of the molecule is O=C(CCOc1ccc(F)cc1)NC1CCNCC1. The van der Waals surface area contributed by atoms with Crippen LogP contribution in [0, 0.1) is 5.82 Å². The molecular formula is C14H19FN2O2. The molecule has 104 valence electrons. The van der Waals surface area contributed by atoms with E-state index in [1.165, 1.54) is 12.1 Å². The number of hydrogen-bond acceptors (Lipinski definition) is 3. The van der Waals surface area contributed by atoms with E-state index >= 15 is 0 Å². The van der Waals surface area contributed by atoms with E-state index in [9.17, 15) is 9.18 Å². The number of carbonyl (C=O) groups is 1. The molecule has 0 aliphatic carbocycles. The quantitative estimate of drug-likeness (QED) is 0.848. The van der Waals surface area contributed by atoms with Crippen molar-refractivity contribution in [3.63, 3.8) is 0 Å². The highest BCUT2D eigenvalue weighted by Crippen LogP contribution is 2.11. The van der Waals surface area contributed by atoms with Crippen LogP contribution in [-0.4, -0.2) is 31.6 Å². The van der Waals surface area contributed by atoms with Gasteiger partial charge in [-0.25, -0.2) is 4.39 Å². The molecule has 0 radical (unpaired) electrons. The fourth-order valence-electron chi connectivity index (χ4n) is 2.06. The summed E-state index contributed by atoms with van der Waals surface area (Å²) in [6, 6.07) is 6.06. The number of carbonyl (C=O) groups excluding carboxylic acids is 1. The molecule has 0 spiro atoms. The third kappa shape index (κ3) is 4.87. The molecule has 4 nitrogen and oxygen atoms in total. The molecule has 0 aromatic heterocycles. The van der Waals surface area contributed by atoms with Crippen molar-refractivity contribution in [1.82, 2.24) is 10.6 Å². The van der Waals surface area contributed by atoms with Gasteiger partial charge in [-0.15, -0.1) is 0 Å². The number of nitrogens with one attached hydrogen (secondary N) is 2. The second-order valence-corrected chi connectivity index (χ2v) is 4.64. The number of rotatable bonds is 5. The molecule has 2 N–H and O–H groups in total. The molecule has 1 amide bonds. The molecule has 0 bridgehead atoms. The van der Waals surface area contributed by atoms with Crippen LogP contribution in [0.15, 0.2) is 24.3 Å². The number of hydrogen-bond donors (Lipinski definition) is 2. The Hall–Kier alpha value is -1.62. The monoisotopic (exact) mass is 266 g/mol. The second-order valence-electron chi connectivity index (χ2n) is 4.64. The minimum atomic E-state index is -0.295. The lowest BCUT2D eigenvalue weighted by molar-refractivity contribution is -0.122. The number of ether oxygens (including phenoxy) is 1. The molecule has 2 rings (SSSR count). The van der Waals surface area contributed by atoms with Gasteiger partial charge in [0.15, 0.2) is 0 Å². The minimum Gasteiger partial charge on any atom is -0.493 e. The number of amides is 1. The molecular weight excluding hydrogens is 247 g/mol. The Labute approximate surface area is 112 Å². The first-order chi connectivity index (χ1) is 9.24. The molecule has 19 heavy (non-hydrogen) atoms. The average Bonchev–Trinajstić information content (AvgIpc) is 2.42. The Morgan fingerprint density at radius 2 is 2.00 bits per heavy atom. The summed E-state index contributed by atoms with van der Waals surface area (Å²) in [4.78, 5) is 11.7. The van der Waals surface area contributed by atoms with Crippen molar-refractivity contribution >= 4 is 5.91 Å². The lowest BCUT2D eigenvalue weighted by atomic mass is 10.1. The maximum atomic E-state index is 12.7. The van der Waals surface area contributed by atoms with E-state index < -0.39 is 0 Å². The molecule has 0 atom stereocenters. The van der Waals surface area contributed by atoms with Crippen LogP contribution in [0.2, 0.25) is 0 Å². The summed E-state index contributed by atoms with van der Waals surface area (Å²) in [6.07, 6.45) is 2.27. The van der Waals surface area contributed by atoms with Gasteiger partial charge in [0.2, 0.25) is 5.91 Å². The molecule has 1 saturated heterocycles. The van der Waals surface area contributed by atoms with Crippen molar-refractivity contribution in [2.45, 2.75) is 25.3 Å². The standard InChI is InChI=1S/C14H19FN2O2/c15-11-1-3-13(4-2-11)19-10-7-14(18)17-12-5-8-16-9-6-12/h1-4,12,16H,5-10H2,(H,17,18). The van der Waals surface area contributed by atoms with E-state index in [4.69, 9.17) is 4.74 Å². The smallest absolute Gasteiger partial charge is 0.223 e. The predicted octanol–water partition coefficient (Wildman–Crippen LogP) is 1.46. The molecule has 1 aromatic rings. The van der Waals surface area contributed by atoms with Crippen LogP contribution in [0.25, 0.3) is 0 Å². The Morgan fingerprint density at radius 3 is 2.68 bits per heavy atom. The summed E-state index contributed by atoms with van der Waals surface area (Å²) < 4.78 is 18.1. The van der Waals surface area contributed by atoms with E-state index in [0.717, 1.165) is 25.9 Å². The summed E-state index contributed by atoms with van der Waals surface area (Å²) in [7, 11) is 0. The zero-order chi connectivity index (χ0) is 13.5. The van der Waals surface area contributed by atoms with Crippen LogP contribution in [0.5, 0.6) is 5.75 Å². The van der Waals surface area contributed by atoms with E-state index in [2.05, 4.69) is 10.6 Å². The van der Waals surface area contributed by atoms with Crippen LogP contribution < -0.4 is 15.4 Å². The maximum Gasteiger partial charge on any atom is 0.223 e. The Kier molecular flexibility index (Phi) is 5.15. The van der Waals surface area contributed by atoms with Gasteiger partial charge in [0, 0.05) is 6.04 Å². The summed E-state index contributed by atoms with van der Waals surface area (Å²) in [5.74, 6) is 0.293. The van der Waals surface area contributed by atoms with Gasteiger partial charge in [0.25, 0.3) is 0 Å². The lowest BCUT2D eigenvalue weighted by Gasteiger charge is -2.23. The highest BCUT2D eigenvalue weighted by molar-refractivity contribution is 5.76. The van der Waals surface area contributed by atoms with Crippen molar-refractivity contribution in [3.05, 3.63) is 30.1 Å². The molecule has 1 aromatic carbocycles. The fraction of sp³-hybridized carbons (Fsp3) is 0.500. The lowest BCUT2D eigenvalue weighted by Crippen LogP contribution is -2.43. The first-order valence-corrected chi connectivity index (χ1v) is 6.62. The van der Waals surface area contributed by atoms with Gasteiger partial charge in [-0.05, 0) is 50.2 Å². The number of benzene rings is 1. The van der Waals surface area contributed by atoms with Gasteiger partial charge in [0.1, 0.15) is 11.6 Å². The first kappa shape index (κ1) is 13.8. The van der Waals surface area contributed by atoms with Crippen molar-refractivity contribution in [3.8, 4) is 5.75 Å². The molecule has 1 heterocycles. The van der Waals surface area contributed by atoms with Crippen molar-refractivity contribution < 1.29 is 13.9 Å². The molecule has 0 unspecified atom stereocenters. The van der Waals surface area contributed by atoms with Crippen molar-refractivity contribution in [2.24, 2.45) is 0 Å². The molecule has 1 aliphatic rings. The van der Waals surface area contributed by atoms with Crippen LogP contribution >= 0.6 is 0 Å². The van der Waals surface area contributed by atoms with Crippen LogP contribution in [0.4, 0.5) is 4.39 Å². The average molecular weight is 266 g/mol. The third-order valence-corrected chi connectivity index (χ3v) is 3.12. The minimum absolute atomic E-state index is 0.00834. The maximum absolute atomic E-state index is 12.7. The van der Waals surface area contributed by atoms with E-state index in [-0.39, 0.29) is 17.8 Å². The van der Waals surface area contributed by atoms with Gasteiger partial charge in [0.05, 0.1) is 13.0 Å². The Morgan fingerprint density at radius 1 is 1.32 bits per heavy atom. The normalized spacial score (nSPS) is 16.1. The summed E-state index contributed by atoms with van der Waals surface area (Å²) in [5.41, 5.74) is 0. The second kappa shape index (κ2) is 7.09. The molecule has 1 aliphatic heterocycles. The molecule has 0 saturated carbocycles. The van der Waals surface area contributed by atoms with E-state index in [0.29, 0.717) is 18.8 Å². The van der Waals surface area contributed by atoms with Crippen LogP contribution in [-0.2, 0) is 4.79 Å². The highest BCUT2D eigenvalue weighted by atomic mass is 19.1. The van der Waals surface area contributed by atoms with E-state index in [1.54, 1.807) is 12.1 Å². The topological polar surface area (TPSA) is 50.4 Å². The summed E-state index contributed by atoms with van der Waals surface area (Å²) >= 11 is 0. The first-order valence-electron chi connectivity index (χ1n) is 6.62. The van der Waals surface area contributed by atoms with E-state index in [1.807, 2.05) is 0 Å². The van der Waals surface area contributed by atoms with Crippen LogP contribution in [0.3, 0.4) is 0 Å². The summed E-state index contributed by atoms with van der Waals surface area (Å²) in [5, 5.41) is 6.25. The Balaban J connectivity index is 1.64. The van der Waals surface area contributed by atoms with Gasteiger partial charge in [-0.2, -0.15) is 0 Å². The van der Waals surface area contributed by atoms with Gasteiger partial charge in [-0.1, -0.05) is 0 Å². The number of piperidine rings is 1. The van der Waals surface area contributed by atoms with Crippen molar-refractivity contribution in [1.29, 1.82) is 0 Å². The van der Waals surface area contributed by atoms with Crippen LogP contribution in [0.1, 0.15) is 19.3 Å². The van der Waals surface area contributed by atoms with Gasteiger partial charge < -0.3 is 15.4 Å². The fourth-order valence-corrected chi connectivity index (χ4v) is 2.06.